The SMILES string of the molecule is C=C[Si](C)(O[Si](C)(C)C)O[Si](C)(C=C)O[Si](C)(C=C)O[Si](C)(C=C)O[Si](C)(C=C)O[Si](C)(C)C. The van der Waals surface area contributed by atoms with Gasteiger partial charge in [-0.25, -0.2) is 0 Å². The van der Waals surface area contributed by atoms with Gasteiger partial charge in [0.1, 0.15) is 0 Å². The second kappa shape index (κ2) is 12.0. The van der Waals surface area contributed by atoms with E-state index in [1.54, 1.807) is 28.5 Å². The van der Waals surface area contributed by atoms with Gasteiger partial charge in [0.2, 0.25) is 0 Å². The number of hydrogen-bond donors (Lipinski definition) is 0. The van der Waals surface area contributed by atoms with Crippen molar-refractivity contribution in [3.05, 3.63) is 61.4 Å². The lowest BCUT2D eigenvalue weighted by Gasteiger charge is -2.43. The van der Waals surface area contributed by atoms with Crippen LogP contribution >= 0.6 is 0 Å². The molecule has 13 heteroatoms. The lowest BCUT2D eigenvalue weighted by atomic mass is 11.3. The van der Waals surface area contributed by atoms with Crippen LogP contribution in [0.25, 0.3) is 0 Å². The van der Waals surface area contributed by atoms with Crippen LogP contribution in [0.2, 0.25) is 72.0 Å². The highest BCUT2D eigenvalue weighted by Crippen LogP contribution is 2.30. The second-order valence-electron chi connectivity index (χ2n) is 10.9. The van der Waals surface area contributed by atoms with Crippen LogP contribution in [0.5, 0.6) is 0 Å². The fourth-order valence-corrected chi connectivity index (χ4v) is 32.0. The molecule has 0 aromatic heterocycles. The van der Waals surface area contributed by atoms with Gasteiger partial charge in [-0.2, -0.15) is 0 Å². The molecule has 0 radical (unpaired) electrons. The molecule has 4 unspecified atom stereocenters. The van der Waals surface area contributed by atoms with Crippen molar-refractivity contribution in [3.8, 4) is 0 Å². The van der Waals surface area contributed by atoms with E-state index in [-0.39, 0.29) is 0 Å². The standard InChI is InChI=1S/C21H48O6Si7/c1-17-30(12,22-28(6,7)8)24-32(14,19-3)26-34(16,21-5)27-33(15,20-4)25-31(13,18-2)23-29(9,10)11/h17-21H,1-5H2,6-16H3. The predicted octanol–water partition coefficient (Wildman–Crippen LogP) is 6.74. The molecule has 0 aromatic rings. The van der Waals surface area contributed by atoms with Gasteiger partial charge in [0.25, 0.3) is 0 Å². The van der Waals surface area contributed by atoms with Crippen LogP contribution in [-0.4, -0.2) is 59.4 Å². The smallest absolute Gasteiger partial charge is 0.344 e. The number of hydrogen-bond acceptors (Lipinski definition) is 6. The fourth-order valence-electron chi connectivity index (χ4n) is 3.35. The van der Waals surface area contributed by atoms with E-state index in [0.29, 0.717) is 0 Å². The largest absolute Gasteiger partial charge is 0.434 e. The summed E-state index contributed by atoms with van der Waals surface area (Å²) in [5, 5.41) is 0. The molecule has 0 fully saturated rings. The Labute approximate surface area is 216 Å². The minimum atomic E-state index is -3.00. The molecule has 0 aromatic carbocycles. The lowest BCUT2D eigenvalue weighted by Crippen LogP contribution is -2.62. The Bertz CT molecular complexity index is 712. The van der Waals surface area contributed by atoms with Gasteiger partial charge in [0.05, 0.1) is 0 Å². The van der Waals surface area contributed by atoms with Crippen LogP contribution in [0.4, 0.5) is 0 Å². The lowest BCUT2D eigenvalue weighted by molar-refractivity contribution is 0.283. The minimum absolute atomic E-state index is 1.75. The molecule has 6 nitrogen and oxygen atoms in total. The molecule has 0 N–H and O–H groups in total. The molecule has 34 heavy (non-hydrogen) atoms. The molecule has 0 saturated carbocycles. The summed E-state index contributed by atoms with van der Waals surface area (Å²) in [7, 11) is -18.0. The second-order valence-corrected chi connectivity index (χ2v) is 36.5. The first-order valence-corrected chi connectivity index (χ1v) is 30.2. The van der Waals surface area contributed by atoms with Gasteiger partial charge in [0, 0.05) is 0 Å². The van der Waals surface area contributed by atoms with Gasteiger partial charge in [-0.3, -0.25) is 0 Å². The van der Waals surface area contributed by atoms with E-state index in [2.05, 4.69) is 72.2 Å². The molecular formula is C21H48O6Si7. The van der Waals surface area contributed by atoms with Gasteiger partial charge in [-0.05, 0) is 72.0 Å². The third kappa shape index (κ3) is 11.8. The van der Waals surface area contributed by atoms with Crippen molar-refractivity contribution in [2.24, 2.45) is 0 Å². The molecule has 196 valence electrons. The Morgan fingerprint density at radius 1 is 0.324 bits per heavy atom. The summed E-state index contributed by atoms with van der Waals surface area (Å²) in [6.07, 6.45) is 0. The van der Waals surface area contributed by atoms with E-state index in [9.17, 15) is 0 Å². The van der Waals surface area contributed by atoms with Crippen LogP contribution in [0.15, 0.2) is 61.4 Å². The van der Waals surface area contributed by atoms with Crippen molar-refractivity contribution in [1.29, 1.82) is 0 Å². The first-order valence-electron chi connectivity index (χ1n) is 11.4. The Morgan fingerprint density at radius 3 is 0.588 bits per heavy atom. The van der Waals surface area contributed by atoms with Gasteiger partial charge >= 0.3 is 42.8 Å². The van der Waals surface area contributed by atoms with E-state index in [0.717, 1.165) is 0 Å². The normalized spacial score (nSPS) is 21.5. The van der Waals surface area contributed by atoms with E-state index in [4.69, 9.17) is 24.7 Å². The fraction of sp³-hybridized carbons (Fsp3) is 0.524. The van der Waals surface area contributed by atoms with Crippen molar-refractivity contribution >= 4 is 59.4 Å². The maximum Gasteiger partial charge on any atom is 0.344 e. The molecule has 0 rings (SSSR count). The summed E-state index contributed by atoms with van der Waals surface area (Å²) in [6.45, 7) is 42.7. The van der Waals surface area contributed by atoms with Gasteiger partial charge in [-0.15, -0.1) is 32.9 Å². The van der Waals surface area contributed by atoms with Crippen LogP contribution < -0.4 is 0 Å². The molecule has 4 atom stereocenters. The van der Waals surface area contributed by atoms with E-state index in [1.807, 2.05) is 32.7 Å². The third-order valence-electron chi connectivity index (χ3n) is 4.49. The van der Waals surface area contributed by atoms with E-state index in [1.165, 1.54) is 0 Å². The van der Waals surface area contributed by atoms with E-state index < -0.39 is 59.4 Å². The highest BCUT2D eigenvalue weighted by Gasteiger charge is 2.51. The quantitative estimate of drug-likeness (QED) is 0.174. The monoisotopic (exact) mass is 592 g/mol. The zero-order valence-corrected chi connectivity index (χ0v) is 30.4. The first-order chi connectivity index (χ1) is 15.0. The average molecular weight is 593 g/mol. The first kappa shape index (κ1) is 34.0. The highest BCUT2D eigenvalue weighted by molar-refractivity contribution is 6.96. The van der Waals surface area contributed by atoms with Crippen molar-refractivity contribution in [2.45, 2.75) is 72.0 Å². The zero-order chi connectivity index (χ0) is 27.3. The Balaban J connectivity index is 6.00. The van der Waals surface area contributed by atoms with Gasteiger partial charge < -0.3 is 24.7 Å². The van der Waals surface area contributed by atoms with Gasteiger partial charge in [-0.1, -0.05) is 28.5 Å². The van der Waals surface area contributed by atoms with Crippen molar-refractivity contribution in [2.75, 3.05) is 0 Å². The molecule has 0 amide bonds. The maximum absolute atomic E-state index is 6.67. The number of rotatable bonds is 17. The highest BCUT2D eigenvalue weighted by atomic mass is 28.5. The summed E-state index contributed by atoms with van der Waals surface area (Å²) in [5.74, 6) is 0. The van der Waals surface area contributed by atoms with Crippen LogP contribution in [0, 0.1) is 0 Å². The predicted molar refractivity (Wildman–Crippen MR) is 162 cm³/mol. The van der Waals surface area contributed by atoms with Crippen molar-refractivity contribution < 1.29 is 24.7 Å². The summed E-state index contributed by atoms with van der Waals surface area (Å²) in [5.41, 5.74) is 8.88. The summed E-state index contributed by atoms with van der Waals surface area (Å²) in [6, 6.07) is 0. The summed E-state index contributed by atoms with van der Waals surface area (Å²) >= 11 is 0. The molecule has 0 saturated heterocycles. The zero-order valence-electron chi connectivity index (χ0n) is 23.4. The summed E-state index contributed by atoms with van der Waals surface area (Å²) < 4.78 is 39.3. The van der Waals surface area contributed by atoms with Crippen molar-refractivity contribution in [3.63, 3.8) is 0 Å². The van der Waals surface area contributed by atoms with Crippen LogP contribution in [-0.2, 0) is 24.7 Å². The minimum Gasteiger partial charge on any atom is -0.434 e. The topological polar surface area (TPSA) is 55.4 Å². The molecule has 0 aliphatic carbocycles. The van der Waals surface area contributed by atoms with Crippen molar-refractivity contribution in [1.82, 2.24) is 0 Å². The molecule has 0 bridgehead atoms. The molecule has 0 heterocycles. The Hall–Kier alpha value is -0.0218. The molecule has 0 spiro atoms. The summed E-state index contributed by atoms with van der Waals surface area (Å²) in [4.78, 5) is 0. The van der Waals surface area contributed by atoms with Crippen LogP contribution in [0.3, 0.4) is 0 Å². The Kier molecular flexibility index (Phi) is 12.0. The van der Waals surface area contributed by atoms with E-state index >= 15 is 0 Å². The molecular weight excluding hydrogens is 545 g/mol. The maximum atomic E-state index is 6.67. The third-order valence-corrected chi connectivity index (χ3v) is 29.3. The Morgan fingerprint density at radius 2 is 0.471 bits per heavy atom. The molecule has 0 aliphatic rings. The average Bonchev–Trinajstić information content (AvgIpc) is 2.64. The van der Waals surface area contributed by atoms with Crippen LogP contribution in [0.1, 0.15) is 0 Å². The molecule has 0 aliphatic heterocycles. The van der Waals surface area contributed by atoms with Gasteiger partial charge in [0.15, 0.2) is 16.6 Å².